The van der Waals surface area contributed by atoms with Crippen LogP contribution in [0.1, 0.15) is 24.3 Å². The van der Waals surface area contributed by atoms with Gasteiger partial charge in [-0.1, -0.05) is 23.7 Å². The minimum absolute atomic E-state index is 0.190. The van der Waals surface area contributed by atoms with Crippen molar-refractivity contribution in [2.24, 2.45) is 0 Å². The normalized spacial score (nSPS) is 14.5. The lowest BCUT2D eigenvalue weighted by Crippen LogP contribution is -2.16. The number of fused-ring (bicyclic) bond motifs is 1. The molecule has 1 aliphatic rings. The van der Waals surface area contributed by atoms with E-state index >= 15 is 0 Å². The second-order valence-corrected chi connectivity index (χ2v) is 5.56. The highest BCUT2D eigenvalue weighted by Gasteiger charge is 2.23. The summed E-state index contributed by atoms with van der Waals surface area (Å²) in [5.41, 5.74) is 1.45. The Morgan fingerprint density at radius 2 is 2.19 bits per heavy atom. The van der Waals surface area contributed by atoms with Crippen LogP contribution in [0.2, 0.25) is 5.15 Å². The number of H-pyrrole nitrogens is 1. The van der Waals surface area contributed by atoms with E-state index in [1.54, 1.807) is 6.07 Å². The van der Waals surface area contributed by atoms with E-state index in [1.165, 1.54) is 29.1 Å². The molecule has 0 bridgehead atoms. The van der Waals surface area contributed by atoms with Crippen molar-refractivity contribution in [2.75, 3.05) is 0 Å². The fourth-order valence-corrected chi connectivity index (χ4v) is 2.54. The summed E-state index contributed by atoms with van der Waals surface area (Å²) < 4.78 is 6.89. The Balaban J connectivity index is 1.72. The molecule has 0 spiro atoms. The first kappa shape index (κ1) is 12.5. The molecule has 1 fully saturated rings. The molecular weight excluding hydrogens is 290 g/mol. The summed E-state index contributed by atoms with van der Waals surface area (Å²) in [4.78, 5) is 15.2. The first-order valence-corrected chi connectivity index (χ1v) is 7.13. The monoisotopic (exact) mass is 301 g/mol. The van der Waals surface area contributed by atoms with Gasteiger partial charge < -0.3 is 9.72 Å². The highest BCUT2D eigenvalue weighted by atomic mass is 35.5. The van der Waals surface area contributed by atoms with Crippen molar-refractivity contribution in [2.45, 2.75) is 18.8 Å². The third-order valence-electron chi connectivity index (χ3n) is 3.57. The van der Waals surface area contributed by atoms with Gasteiger partial charge in [0.25, 0.3) is 0 Å². The molecule has 0 unspecified atom stereocenters. The van der Waals surface area contributed by atoms with Gasteiger partial charge in [0.1, 0.15) is 11.4 Å². The van der Waals surface area contributed by atoms with Gasteiger partial charge in [0, 0.05) is 6.07 Å². The molecule has 1 saturated carbocycles. The Hall–Kier alpha value is -2.27. The maximum Gasteiger partial charge on any atom is 0.317 e. The minimum Gasteiger partial charge on any atom is -0.450 e. The highest BCUT2D eigenvalue weighted by molar-refractivity contribution is 6.29. The SMILES string of the molecule is O=c1c(Oc2cccc(C3CC3)c2)c[nH]c2cc(Cl)nn12. The second kappa shape index (κ2) is 4.63. The van der Waals surface area contributed by atoms with Crippen molar-refractivity contribution in [1.82, 2.24) is 14.6 Å². The average molecular weight is 302 g/mol. The number of aromatic nitrogens is 3. The van der Waals surface area contributed by atoms with Gasteiger partial charge in [-0.2, -0.15) is 9.61 Å². The lowest BCUT2D eigenvalue weighted by molar-refractivity contribution is 0.468. The number of hydrogen-bond donors (Lipinski definition) is 1. The third kappa shape index (κ3) is 2.29. The average Bonchev–Trinajstić information content (AvgIpc) is 3.25. The lowest BCUT2D eigenvalue weighted by atomic mass is 10.1. The molecule has 2 heterocycles. The van der Waals surface area contributed by atoms with E-state index < -0.39 is 0 Å². The highest BCUT2D eigenvalue weighted by Crippen LogP contribution is 2.41. The third-order valence-corrected chi connectivity index (χ3v) is 3.75. The zero-order valence-corrected chi connectivity index (χ0v) is 11.8. The fraction of sp³-hybridized carbons (Fsp3) is 0.200. The van der Waals surface area contributed by atoms with Crippen LogP contribution < -0.4 is 10.3 Å². The van der Waals surface area contributed by atoms with Crippen LogP contribution in [0.4, 0.5) is 0 Å². The molecular formula is C15H12ClN3O2. The summed E-state index contributed by atoms with van der Waals surface area (Å²) in [6.45, 7) is 0. The molecule has 4 rings (SSSR count). The van der Waals surface area contributed by atoms with Gasteiger partial charge in [0.05, 0.1) is 6.20 Å². The largest absolute Gasteiger partial charge is 0.450 e. The molecule has 0 atom stereocenters. The molecule has 2 aromatic heterocycles. The summed E-state index contributed by atoms with van der Waals surface area (Å²) in [5.74, 6) is 1.48. The summed E-state index contributed by atoms with van der Waals surface area (Å²) >= 11 is 5.80. The van der Waals surface area contributed by atoms with Gasteiger partial charge in [0.15, 0.2) is 5.15 Å². The number of halogens is 1. The van der Waals surface area contributed by atoms with E-state index in [0.29, 0.717) is 17.3 Å². The van der Waals surface area contributed by atoms with Crippen molar-refractivity contribution >= 4 is 17.2 Å². The summed E-state index contributed by atoms with van der Waals surface area (Å²) in [7, 11) is 0. The molecule has 3 aromatic rings. The molecule has 0 saturated heterocycles. The molecule has 1 N–H and O–H groups in total. The van der Waals surface area contributed by atoms with Crippen LogP contribution in [-0.2, 0) is 0 Å². The molecule has 21 heavy (non-hydrogen) atoms. The van der Waals surface area contributed by atoms with Crippen LogP contribution in [0.3, 0.4) is 0 Å². The summed E-state index contributed by atoms with van der Waals surface area (Å²) in [5, 5.41) is 4.19. The maximum atomic E-state index is 12.3. The van der Waals surface area contributed by atoms with Gasteiger partial charge >= 0.3 is 5.56 Å². The van der Waals surface area contributed by atoms with Crippen molar-refractivity contribution in [1.29, 1.82) is 0 Å². The van der Waals surface area contributed by atoms with Crippen LogP contribution in [0.25, 0.3) is 5.65 Å². The first-order valence-electron chi connectivity index (χ1n) is 6.75. The number of rotatable bonds is 3. The van der Waals surface area contributed by atoms with Gasteiger partial charge in [-0.3, -0.25) is 4.79 Å². The molecule has 106 valence electrons. The number of benzene rings is 1. The quantitative estimate of drug-likeness (QED) is 0.807. The van der Waals surface area contributed by atoms with Crippen LogP contribution >= 0.6 is 11.6 Å². The predicted octanol–water partition coefficient (Wildman–Crippen LogP) is 3.35. The topological polar surface area (TPSA) is 59.4 Å². The molecule has 1 aromatic carbocycles. The van der Waals surface area contributed by atoms with Crippen molar-refractivity contribution in [3.05, 3.63) is 57.6 Å². The smallest absolute Gasteiger partial charge is 0.317 e. The second-order valence-electron chi connectivity index (χ2n) is 5.17. The van der Waals surface area contributed by atoms with E-state index in [1.807, 2.05) is 18.2 Å². The minimum atomic E-state index is -0.340. The Kier molecular flexibility index (Phi) is 2.75. The summed E-state index contributed by atoms with van der Waals surface area (Å²) in [6.07, 6.45) is 3.98. The molecule has 6 heteroatoms. The first-order chi connectivity index (χ1) is 10.2. The lowest BCUT2D eigenvalue weighted by Gasteiger charge is -2.06. The van der Waals surface area contributed by atoms with E-state index in [4.69, 9.17) is 16.3 Å². The van der Waals surface area contributed by atoms with Gasteiger partial charge in [-0.25, -0.2) is 0 Å². The van der Waals surface area contributed by atoms with E-state index in [0.717, 1.165) is 0 Å². The number of nitrogens with zero attached hydrogens (tertiary/aromatic N) is 2. The molecule has 0 amide bonds. The van der Waals surface area contributed by atoms with Gasteiger partial charge in [-0.15, -0.1) is 0 Å². The maximum absolute atomic E-state index is 12.3. The molecule has 1 aliphatic carbocycles. The van der Waals surface area contributed by atoms with E-state index in [-0.39, 0.29) is 16.5 Å². The molecule has 0 aliphatic heterocycles. The number of nitrogens with one attached hydrogen (secondary N) is 1. The van der Waals surface area contributed by atoms with Crippen molar-refractivity contribution in [3.63, 3.8) is 0 Å². The van der Waals surface area contributed by atoms with Crippen molar-refractivity contribution < 1.29 is 4.74 Å². The van der Waals surface area contributed by atoms with Crippen LogP contribution in [0, 0.1) is 0 Å². The van der Waals surface area contributed by atoms with Gasteiger partial charge in [-0.05, 0) is 36.5 Å². The standard InChI is InChI=1S/C15H12ClN3O2/c16-13-7-14-17-8-12(15(20)19(14)18-13)21-11-3-1-2-10(6-11)9-4-5-9/h1-3,6-9,17H,4-5H2. The summed E-state index contributed by atoms with van der Waals surface area (Å²) in [6, 6.07) is 9.44. The Morgan fingerprint density at radius 1 is 1.33 bits per heavy atom. The van der Waals surface area contributed by atoms with E-state index in [2.05, 4.69) is 16.1 Å². The van der Waals surface area contributed by atoms with E-state index in [9.17, 15) is 4.79 Å². The Bertz CT molecular complexity index is 880. The Labute approximate surface area is 125 Å². The van der Waals surface area contributed by atoms with Crippen LogP contribution in [0.5, 0.6) is 11.5 Å². The Morgan fingerprint density at radius 3 is 3.00 bits per heavy atom. The zero-order chi connectivity index (χ0) is 14.4. The number of ether oxygens (including phenoxy) is 1. The van der Waals surface area contributed by atoms with Crippen molar-refractivity contribution in [3.8, 4) is 11.5 Å². The predicted molar refractivity (Wildman–Crippen MR) is 79.3 cm³/mol. The van der Waals surface area contributed by atoms with Crippen LogP contribution in [-0.4, -0.2) is 14.6 Å². The molecule has 5 nitrogen and oxygen atoms in total. The number of hydrogen-bond acceptors (Lipinski definition) is 3. The fourth-order valence-electron chi connectivity index (χ4n) is 2.36. The molecule has 0 radical (unpaired) electrons. The zero-order valence-electron chi connectivity index (χ0n) is 11.0. The van der Waals surface area contributed by atoms with Gasteiger partial charge in [0.2, 0.25) is 5.75 Å². The number of aromatic amines is 1. The van der Waals surface area contributed by atoms with Crippen LogP contribution in [0.15, 0.2) is 41.3 Å².